The van der Waals surface area contributed by atoms with Gasteiger partial charge in [-0.3, -0.25) is 0 Å². The zero-order chi connectivity index (χ0) is 9.40. The predicted molar refractivity (Wildman–Crippen MR) is 53.5 cm³/mol. The number of likely N-dealkylation sites (N-methyl/N-ethyl adjacent to an activating group) is 1. The lowest BCUT2D eigenvalue weighted by molar-refractivity contribution is 0.0950. The van der Waals surface area contributed by atoms with Gasteiger partial charge in [0.1, 0.15) is 0 Å². The lowest BCUT2D eigenvalue weighted by atomic mass is 10.2. The second-order valence-electron chi connectivity index (χ2n) is 2.94. The highest BCUT2D eigenvalue weighted by atomic mass is 16.5. The van der Waals surface area contributed by atoms with E-state index in [0.29, 0.717) is 6.04 Å². The predicted octanol–water partition coefficient (Wildman–Crippen LogP) is 2.14. The molecule has 0 radical (unpaired) electrons. The Morgan fingerprint density at radius 1 is 1.42 bits per heavy atom. The van der Waals surface area contributed by atoms with E-state index >= 15 is 0 Å². The molecule has 0 unspecified atom stereocenters. The first kappa shape index (κ1) is 11.9. The van der Waals surface area contributed by atoms with Crippen molar-refractivity contribution in [1.82, 2.24) is 4.90 Å². The van der Waals surface area contributed by atoms with Gasteiger partial charge in [0.05, 0.1) is 6.61 Å². The summed E-state index contributed by atoms with van der Waals surface area (Å²) in [6, 6.07) is 0.694. The van der Waals surface area contributed by atoms with Gasteiger partial charge in [0.2, 0.25) is 0 Å². The topological polar surface area (TPSA) is 12.5 Å². The molecule has 1 heterocycles. The average molecular weight is 173 g/mol. The minimum absolute atomic E-state index is 0.694. The van der Waals surface area contributed by atoms with Gasteiger partial charge in [0, 0.05) is 12.6 Å². The summed E-state index contributed by atoms with van der Waals surface area (Å²) < 4.78 is 5.35. The molecule has 0 spiro atoms. The Balaban J connectivity index is 0.000000561. The van der Waals surface area contributed by atoms with Crippen LogP contribution >= 0.6 is 0 Å². The summed E-state index contributed by atoms with van der Waals surface area (Å²) in [5, 5.41) is 0. The summed E-state index contributed by atoms with van der Waals surface area (Å²) in [6.07, 6.45) is 2.66. The molecule has 0 aromatic rings. The molecule has 2 heteroatoms. The molecule has 2 nitrogen and oxygen atoms in total. The summed E-state index contributed by atoms with van der Waals surface area (Å²) in [4.78, 5) is 2.38. The Kier molecular flexibility index (Phi) is 7.51. The smallest absolute Gasteiger partial charge is 0.0621 e. The molecule has 0 aliphatic carbocycles. The van der Waals surface area contributed by atoms with E-state index in [2.05, 4.69) is 18.9 Å². The highest BCUT2D eigenvalue weighted by Gasteiger charge is 2.19. The van der Waals surface area contributed by atoms with Crippen LogP contribution in [0.15, 0.2) is 0 Å². The summed E-state index contributed by atoms with van der Waals surface area (Å²) in [7, 11) is 2.18. The Morgan fingerprint density at radius 3 is 2.50 bits per heavy atom. The maximum Gasteiger partial charge on any atom is 0.0621 e. The van der Waals surface area contributed by atoms with Crippen LogP contribution in [0, 0.1) is 0 Å². The Bertz CT molecular complexity index is 95.8. The van der Waals surface area contributed by atoms with Gasteiger partial charge in [-0.15, -0.1) is 0 Å². The van der Waals surface area contributed by atoms with Crippen LogP contribution in [0.4, 0.5) is 0 Å². The molecule has 1 saturated heterocycles. The van der Waals surface area contributed by atoms with E-state index in [0.717, 1.165) is 13.2 Å². The van der Waals surface area contributed by atoms with Crippen LogP contribution in [0.5, 0.6) is 0 Å². The highest BCUT2D eigenvalue weighted by Crippen LogP contribution is 2.14. The van der Waals surface area contributed by atoms with Crippen molar-refractivity contribution in [3.05, 3.63) is 0 Å². The zero-order valence-electron chi connectivity index (χ0n) is 8.97. The third-order valence-corrected chi connectivity index (χ3v) is 2.19. The molecule has 1 aliphatic heterocycles. The van der Waals surface area contributed by atoms with E-state index in [1.165, 1.54) is 19.4 Å². The maximum atomic E-state index is 5.35. The average Bonchev–Trinajstić information content (AvgIpc) is 2.51. The van der Waals surface area contributed by atoms with E-state index in [9.17, 15) is 0 Å². The molecule has 1 rings (SSSR count). The first-order chi connectivity index (χ1) is 5.84. The molecule has 74 valence electrons. The summed E-state index contributed by atoms with van der Waals surface area (Å²) >= 11 is 0. The largest absolute Gasteiger partial charge is 0.380 e. The molecule has 0 bridgehead atoms. The second-order valence-corrected chi connectivity index (χ2v) is 2.94. The minimum atomic E-state index is 0.694. The first-order valence-electron chi connectivity index (χ1n) is 5.12. The molecule has 1 aliphatic rings. The Hall–Kier alpha value is -0.0800. The minimum Gasteiger partial charge on any atom is -0.380 e. The number of ether oxygens (including phenoxy) is 1. The standard InChI is InChI=1S/C8H17NO.C2H6/c1-3-10-7-8-5-4-6-9(8)2;1-2/h8H,3-7H2,1-2H3;1-2H3/t8-;/m0./s1. The molecular formula is C10H23NO. The molecule has 0 aromatic carbocycles. The number of likely N-dealkylation sites (tertiary alicyclic amines) is 1. The number of nitrogens with zero attached hydrogens (tertiary/aromatic N) is 1. The summed E-state index contributed by atoms with van der Waals surface area (Å²) in [5.41, 5.74) is 0. The van der Waals surface area contributed by atoms with E-state index in [-0.39, 0.29) is 0 Å². The number of rotatable bonds is 3. The SMILES string of the molecule is CC.CCOC[C@@H]1CCCN1C. The van der Waals surface area contributed by atoms with Gasteiger partial charge in [-0.25, -0.2) is 0 Å². The fraction of sp³-hybridized carbons (Fsp3) is 1.00. The normalized spacial score (nSPS) is 23.5. The van der Waals surface area contributed by atoms with Crippen molar-refractivity contribution in [2.45, 2.75) is 39.7 Å². The maximum absolute atomic E-state index is 5.35. The second kappa shape index (κ2) is 7.56. The quantitative estimate of drug-likeness (QED) is 0.648. The van der Waals surface area contributed by atoms with Gasteiger partial charge in [0.25, 0.3) is 0 Å². The van der Waals surface area contributed by atoms with Crippen molar-refractivity contribution in [3.8, 4) is 0 Å². The molecule has 0 N–H and O–H groups in total. The monoisotopic (exact) mass is 173 g/mol. The van der Waals surface area contributed by atoms with E-state index < -0.39 is 0 Å². The molecule has 0 saturated carbocycles. The molecular weight excluding hydrogens is 150 g/mol. The first-order valence-corrected chi connectivity index (χ1v) is 5.12. The molecule has 0 aromatic heterocycles. The zero-order valence-corrected chi connectivity index (χ0v) is 8.97. The highest BCUT2D eigenvalue weighted by molar-refractivity contribution is 4.75. The third kappa shape index (κ3) is 4.07. The molecule has 1 fully saturated rings. The van der Waals surface area contributed by atoms with Crippen LogP contribution < -0.4 is 0 Å². The third-order valence-electron chi connectivity index (χ3n) is 2.19. The number of hydrogen-bond acceptors (Lipinski definition) is 2. The molecule has 1 atom stereocenters. The fourth-order valence-electron chi connectivity index (χ4n) is 1.44. The van der Waals surface area contributed by atoms with Crippen molar-refractivity contribution < 1.29 is 4.74 Å². The van der Waals surface area contributed by atoms with E-state index in [1.54, 1.807) is 0 Å². The van der Waals surface area contributed by atoms with Gasteiger partial charge in [-0.1, -0.05) is 13.8 Å². The summed E-state index contributed by atoms with van der Waals surface area (Å²) in [5.74, 6) is 0. The van der Waals surface area contributed by atoms with Gasteiger partial charge < -0.3 is 9.64 Å². The van der Waals surface area contributed by atoms with Crippen molar-refractivity contribution in [2.24, 2.45) is 0 Å². The van der Waals surface area contributed by atoms with Crippen molar-refractivity contribution in [2.75, 3.05) is 26.8 Å². The lowest BCUT2D eigenvalue weighted by Crippen LogP contribution is -2.29. The fourth-order valence-corrected chi connectivity index (χ4v) is 1.44. The summed E-state index contributed by atoms with van der Waals surface area (Å²) in [6.45, 7) is 9.07. The van der Waals surface area contributed by atoms with Crippen LogP contribution in [0.3, 0.4) is 0 Å². The van der Waals surface area contributed by atoms with E-state index in [1.807, 2.05) is 13.8 Å². The molecule has 12 heavy (non-hydrogen) atoms. The Morgan fingerprint density at radius 2 is 2.08 bits per heavy atom. The molecule has 0 amide bonds. The van der Waals surface area contributed by atoms with Crippen LogP contribution in [-0.2, 0) is 4.74 Å². The van der Waals surface area contributed by atoms with Gasteiger partial charge in [-0.05, 0) is 33.4 Å². The van der Waals surface area contributed by atoms with Crippen LogP contribution in [0.1, 0.15) is 33.6 Å². The van der Waals surface area contributed by atoms with Crippen LogP contribution in [0.2, 0.25) is 0 Å². The van der Waals surface area contributed by atoms with Crippen LogP contribution in [-0.4, -0.2) is 37.7 Å². The lowest BCUT2D eigenvalue weighted by Gasteiger charge is -2.18. The Labute approximate surface area is 76.9 Å². The van der Waals surface area contributed by atoms with Gasteiger partial charge >= 0.3 is 0 Å². The number of hydrogen-bond donors (Lipinski definition) is 0. The van der Waals surface area contributed by atoms with Crippen molar-refractivity contribution in [1.29, 1.82) is 0 Å². The van der Waals surface area contributed by atoms with E-state index in [4.69, 9.17) is 4.74 Å². The van der Waals surface area contributed by atoms with Gasteiger partial charge in [0.15, 0.2) is 0 Å². The van der Waals surface area contributed by atoms with Crippen molar-refractivity contribution >= 4 is 0 Å². The van der Waals surface area contributed by atoms with Crippen LogP contribution in [0.25, 0.3) is 0 Å². The van der Waals surface area contributed by atoms with Gasteiger partial charge in [-0.2, -0.15) is 0 Å². The van der Waals surface area contributed by atoms with Crippen molar-refractivity contribution in [3.63, 3.8) is 0 Å².